The molecule has 0 fully saturated rings. The van der Waals surface area contributed by atoms with Crippen LogP contribution in [-0.4, -0.2) is 35.9 Å². The summed E-state index contributed by atoms with van der Waals surface area (Å²) in [5.74, 6) is 0.227. The van der Waals surface area contributed by atoms with Crippen molar-refractivity contribution in [1.82, 2.24) is 9.13 Å². The van der Waals surface area contributed by atoms with Crippen LogP contribution in [0.3, 0.4) is 0 Å². The second kappa shape index (κ2) is 9.20. The number of rotatable bonds is 8. The zero-order valence-electron chi connectivity index (χ0n) is 16.4. The van der Waals surface area contributed by atoms with E-state index >= 15 is 0 Å². The second-order valence-corrected chi connectivity index (χ2v) is 6.47. The quantitative estimate of drug-likeness (QED) is 0.586. The topological polar surface area (TPSA) is 91.6 Å². The number of methoxy groups -OCH3 is 2. The maximum Gasteiger partial charge on any atom is 0.331 e. The van der Waals surface area contributed by atoms with Gasteiger partial charge in [0, 0.05) is 32.0 Å². The molecule has 0 radical (unpaired) electrons. The Bertz CT molecular complexity index is 1130. The highest BCUT2D eigenvalue weighted by Gasteiger charge is 2.15. The van der Waals surface area contributed by atoms with Crippen LogP contribution < -0.4 is 21.3 Å². The van der Waals surface area contributed by atoms with Crippen molar-refractivity contribution < 1.29 is 14.3 Å². The molecule has 0 unspecified atom stereocenters. The number of anilines is 1. The molecule has 29 heavy (non-hydrogen) atoms. The van der Waals surface area contributed by atoms with Gasteiger partial charge in [0.1, 0.15) is 12.3 Å². The summed E-state index contributed by atoms with van der Waals surface area (Å²) in [5, 5.41) is 3.15. The van der Waals surface area contributed by atoms with Crippen molar-refractivity contribution in [3.05, 3.63) is 69.4 Å². The summed E-state index contributed by atoms with van der Waals surface area (Å²) >= 11 is 0. The minimum absolute atomic E-state index is 0.216. The molecule has 0 bridgehead atoms. The first-order valence-corrected chi connectivity index (χ1v) is 9.20. The minimum Gasteiger partial charge on any atom is -0.497 e. The number of nitrogens with zero attached hydrogens (tertiary/aromatic N) is 2. The Kier molecular flexibility index (Phi) is 6.46. The average Bonchev–Trinajstić information content (AvgIpc) is 2.73. The van der Waals surface area contributed by atoms with E-state index in [0.29, 0.717) is 35.4 Å². The number of fused-ring (bicyclic) bond motifs is 1. The maximum absolute atomic E-state index is 13.0. The molecule has 3 rings (SSSR count). The number of carbonyl (C=O) groups excluding carboxylic acids is 1. The van der Waals surface area contributed by atoms with E-state index in [0.717, 1.165) is 4.57 Å². The van der Waals surface area contributed by atoms with Gasteiger partial charge >= 0.3 is 5.69 Å². The molecule has 3 aromatic rings. The first kappa shape index (κ1) is 20.3. The Morgan fingerprint density at radius 3 is 2.59 bits per heavy atom. The van der Waals surface area contributed by atoms with Crippen LogP contribution in [0.25, 0.3) is 10.9 Å². The van der Waals surface area contributed by atoms with E-state index in [1.54, 1.807) is 62.8 Å². The predicted molar refractivity (Wildman–Crippen MR) is 111 cm³/mol. The van der Waals surface area contributed by atoms with E-state index in [1.807, 2.05) is 0 Å². The lowest BCUT2D eigenvalue weighted by atomic mass is 10.2. The Hall–Kier alpha value is -3.39. The van der Waals surface area contributed by atoms with Gasteiger partial charge in [-0.2, -0.15) is 0 Å². The zero-order valence-corrected chi connectivity index (χ0v) is 16.4. The van der Waals surface area contributed by atoms with E-state index in [-0.39, 0.29) is 24.6 Å². The van der Waals surface area contributed by atoms with Crippen molar-refractivity contribution in [2.24, 2.45) is 0 Å². The van der Waals surface area contributed by atoms with Crippen molar-refractivity contribution in [2.45, 2.75) is 19.5 Å². The zero-order chi connectivity index (χ0) is 20.8. The molecule has 8 heteroatoms. The molecule has 1 N–H and O–H groups in total. The standard InChI is InChI=1S/C21H23N3O5/c1-28-12-6-11-23-20(26)17-9-3-4-10-18(17)24(21(23)27)14-19(25)22-15-7-5-8-16(13-15)29-2/h3-5,7-10,13H,6,11-12,14H2,1-2H3,(H,22,25). The number of ether oxygens (including phenoxy) is 2. The molecular formula is C21H23N3O5. The SMILES string of the molecule is COCCCn1c(=O)c2ccccc2n(CC(=O)Nc2cccc(OC)c2)c1=O. The summed E-state index contributed by atoms with van der Waals surface area (Å²) in [6.07, 6.45) is 0.514. The molecule has 0 aliphatic rings. The van der Waals surface area contributed by atoms with E-state index in [2.05, 4.69) is 5.32 Å². The van der Waals surface area contributed by atoms with Crippen molar-refractivity contribution >= 4 is 22.5 Å². The van der Waals surface area contributed by atoms with E-state index < -0.39 is 5.69 Å². The number of para-hydroxylation sites is 1. The van der Waals surface area contributed by atoms with Crippen LogP contribution >= 0.6 is 0 Å². The van der Waals surface area contributed by atoms with Crippen LogP contribution in [-0.2, 0) is 22.6 Å². The lowest BCUT2D eigenvalue weighted by molar-refractivity contribution is -0.116. The molecule has 0 spiro atoms. The van der Waals surface area contributed by atoms with Crippen LogP contribution in [0.1, 0.15) is 6.42 Å². The van der Waals surface area contributed by atoms with Gasteiger partial charge in [-0.1, -0.05) is 18.2 Å². The van der Waals surface area contributed by atoms with Gasteiger partial charge in [-0.25, -0.2) is 4.79 Å². The first-order valence-electron chi connectivity index (χ1n) is 9.20. The molecule has 1 heterocycles. The number of carbonyl (C=O) groups is 1. The lowest BCUT2D eigenvalue weighted by Crippen LogP contribution is -2.42. The van der Waals surface area contributed by atoms with Crippen molar-refractivity contribution in [3.8, 4) is 5.75 Å². The molecule has 0 saturated carbocycles. The van der Waals surface area contributed by atoms with Crippen molar-refractivity contribution in [2.75, 3.05) is 26.1 Å². The fourth-order valence-corrected chi connectivity index (χ4v) is 3.13. The third-order valence-corrected chi connectivity index (χ3v) is 4.52. The molecule has 0 atom stereocenters. The van der Waals surface area contributed by atoms with Crippen LogP contribution in [0.2, 0.25) is 0 Å². The lowest BCUT2D eigenvalue weighted by Gasteiger charge is -2.14. The Morgan fingerprint density at radius 2 is 1.83 bits per heavy atom. The molecule has 0 aliphatic heterocycles. The van der Waals surface area contributed by atoms with Crippen molar-refractivity contribution in [1.29, 1.82) is 0 Å². The van der Waals surface area contributed by atoms with E-state index in [9.17, 15) is 14.4 Å². The van der Waals surface area contributed by atoms with Gasteiger partial charge in [0.2, 0.25) is 5.91 Å². The Balaban J connectivity index is 1.96. The van der Waals surface area contributed by atoms with Crippen LogP contribution in [0.15, 0.2) is 58.1 Å². The molecule has 152 valence electrons. The van der Waals surface area contributed by atoms with Gasteiger partial charge in [0.25, 0.3) is 5.56 Å². The van der Waals surface area contributed by atoms with E-state index in [1.165, 1.54) is 4.57 Å². The summed E-state index contributed by atoms with van der Waals surface area (Å²) in [6.45, 7) is 0.421. The largest absolute Gasteiger partial charge is 0.497 e. The fourth-order valence-electron chi connectivity index (χ4n) is 3.13. The second-order valence-electron chi connectivity index (χ2n) is 6.47. The van der Waals surface area contributed by atoms with Crippen LogP contribution in [0.4, 0.5) is 5.69 Å². The monoisotopic (exact) mass is 397 g/mol. The molecule has 1 amide bonds. The highest BCUT2D eigenvalue weighted by Crippen LogP contribution is 2.17. The van der Waals surface area contributed by atoms with Gasteiger partial charge in [-0.05, 0) is 30.7 Å². The fraction of sp³-hybridized carbons (Fsp3) is 0.286. The summed E-state index contributed by atoms with van der Waals surface area (Å²) in [5.41, 5.74) is 0.0863. The average molecular weight is 397 g/mol. The number of hydrogen-bond acceptors (Lipinski definition) is 5. The smallest absolute Gasteiger partial charge is 0.331 e. The Labute approximate surface area is 167 Å². The third-order valence-electron chi connectivity index (χ3n) is 4.52. The normalized spacial score (nSPS) is 10.8. The number of nitrogens with one attached hydrogen (secondary N) is 1. The third kappa shape index (κ3) is 4.55. The van der Waals surface area contributed by atoms with Gasteiger partial charge in [-0.15, -0.1) is 0 Å². The maximum atomic E-state index is 13.0. The Morgan fingerprint density at radius 1 is 1.03 bits per heavy atom. The highest BCUT2D eigenvalue weighted by atomic mass is 16.5. The van der Waals surface area contributed by atoms with Gasteiger partial charge in [-0.3, -0.25) is 18.7 Å². The molecule has 0 aliphatic carbocycles. The number of amides is 1. The van der Waals surface area contributed by atoms with Gasteiger partial charge < -0.3 is 14.8 Å². The number of aromatic nitrogens is 2. The molecule has 1 aromatic heterocycles. The molecule has 0 saturated heterocycles. The molecule has 2 aromatic carbocycles. The van der Waals surface area contributed by atoms with Gasteiger partial charge in [0.05, 0.1) is 18.0 Å². The van der Waals surface area contributed by atoms with Crippen LogP contribution in [0.5, 0.6) is 5.75 Å². The van der Waals surface area contributed by atoms with Crippen LogP contribution in [0, 0.1) is 0 Å². The number of benzene rings is 2. The summed E-state index contributed by atoms with van der Waals surface area (Å²) in [6, 6.07) is 13.7. The molecular weight excluding hydrogens is 374 g/mol. The predicted octanol–water partition coefficient (Wildman–Crippen LogP) is 1.85. The number of hydrogen-bond donors (Lipinski definition) is 1. The van der Waals surface area contributed by atoms with E-state index in [4.69, 9.17) is 9.47 Å². The first-order chi connectivity index (χ1) is 14.0. The summed E-state index contributed by atoms with van der Waals surface area (Å²) in [7, 11) is 3.10. The summed E-state index contributed by atoms with van der Waals surface area (Å²) in [4.78, 5) is 38.3. The van der Waals surface area contributed by atoms with Gasteiger partial charge in [0.15, 0.2) is 0 Å². The molecule has 8 nitrogen and oxygen atoms in total. The summed E-state index contributed by atoms with van der Waals surface area (Å²) < 4.78 is 12.6. The minimum atomic E-state index is -0.523. The highest BCUT2D eigenvalue weighted by molar-refractivity contribution is 5.91. The van der Waals surface area contributed by atoms with Crippen molar-refractivity contribution in [3.63, 3.8) is 0 Å².